The van der Waals surface area contributed by atoms with E-state index in [0.717, 1.165) is 35.6 Å². The highest BCUT2D eigenvalue weighted by molar-refractivity contribution is 7.93. The molecule has 0 aliphatic rings. The number of thiophene rings is 1. The van der Waals surface area contributed by atoms with Crippen LogP contribution in [0.3, 0.4) is 0 Å². The maximum Gasteiger partial charge on any atom is 0.262 e. The Labute approximate surface area is 107 Å². The Kier molecular flexibility index (Phi) is 3.32. The molecule has 92 valence electrons. The van der Waals surface area contributed by atoms with Gasteiger partial charge in [0.15, 0.2) is 0 Å². The molecule has 0 unspecified atom stereocenters. The van der Waals surface area contributed by atoms with E-state index in [-0.39, 0.29) is 15.5 Å². The molecule has 1 N–H and O–H groups in total. The monoisotopic (exact) mass is 282 g/mol. The van der Waals surface area contributed by atoms with Crippen molar-refractivity contribution in [3.63, 3.8) is 0 Å². The van der Waals surface area contributed by atoms with Gasteiger partial charge >= 0.3 is 0 Å². The number of nitrogens with zero attached hydrogens (tertiary/aromatic N) is 1. The molecule has 0 radical (unpaired) electrons. The number of anilines is 1. The lowest BCUT2D eigenvalue weighted by Gasteiger charge is -2.06. The van der Waals surface area contributed by atoms with Gasteiger partial charge < -0.3 is 0 Å². The van der Waals surface area contributed by atoms with E-state index in [0.29, 0.717) is 0 Å². The summed E-state index contributed by atoms with van der Waals surface area (Å²) in [6.45, 7) is 0. The second-order valence-corrected chi connectivity index (χ2v) is 5.93. The molecule has 1 heterocycles. The molecule has 0 aliphatic heterocycles. The van der Waals surface area contributed by atoms with Crippen molar-refractivity contribution in [2.75, 3.05) is 4.72 Å². The zero-order valence-electron chi connectivity index (χ0n) is 8.92. The van der Waals surface area contributed by atoms with Crippen molar-refractivity contribution in [1.82, 2.24) is 0 Å². The second kappa shape index (κ2) is 4.76. The van der Waals surface area contributed by atoms with E-state index in [9.17, 15) is 12.8 Å². The van der Waals surface area contributed by atoms with Crippen molar-refractivity contribution in [2.45, 2.75) is 4.90 Å². The van der Waals surface area contributed by atoms with Crippen molar-refractivity contribution in [2.24, 2.45) is 0 Å². The van der Waals surface area contributed by atoms with E-state index in [2.05, 4.69) is 4.72 Å². The summed E-state index contributed by atoms with van der Waals surface area (Å²) in [6, 6.07) is 7.86. The zero-order chi connectivity index (χ0) is 13.2. The van der Waals surface area contributed by atoms with Crippen molar-refractivity contribution < 1.29 is 12.8 Å². The Morgan fingerprint density at radius 1 is 1.22 bits per heavy atom. The first-order chi connectivity index (χ1) is 8.53. The number of halogens is 1. The first-order valence-corrected chi connectivity index (χ1v) is 7.15. The van der Waals surface area contributed by atoms with Crippen LogP contribution in [0, 0.1) is 17.1 Å². The van der Waals surface area contributed by atoms with Crippen LogP contribution in [0.25, 0.3) is 0 Å². The molecule has 18 heavy (non-hydrogen) atoms. The summed E-state index contributed by atoms with van der Waals surface area (Å²) in [5, 5.41) is 10.6. The molecular weight excluding hydrogens is 275 g/mol. The van der Waals surface area contributed by atoms with Gasteiger partial charge in [-0.15, -0.1) is 11.3 Å². The molecule has 0 saturated heterocycles. The first-order valence-electron chi connectivity index (χ1n) is 4.79. The summed E-state index contributed by atoms with van der Waals surface area (Å²) in [5.74, 6) is -0.511. The van der Waals surface area contributed by atoms with Crippen molar-refractivity contribution in [3.05, 3.63) is 47.1 Å². The number of benzene rings is 1. The molecule has 0 amide bonds. The van der Waals surface area contributed by atoms with Gasteiger partial charge in [0.2, 0.25) is 0 Å². The molecule has 4 nitrogen and oxygen atoms in total. The van der Waals surface area contributed by atoms with Crippen LogP contribution >= 0.6 is 11.3 Å². The van der Waals surface area contributed by atoms with E-state index in [4.69, 9.17) is 5.26 Å². The SMILES string of the molecule is N#Cc1ccsc1NS(=O)(=O)c1ccc(F)cc1. The smallest absolute Gasteiger partial charge is 0.262 e. The van der Waals surface area contributed by atoms with Crippen LogP contribution in [0.5, 0.6) is 0 Å². The molecule has 0 spiro atoms. The largest absolute Gasteiger partial charge is 0.269 e. The maximum atomic E-state index is 12.7. The fraction of sp³-hybridized carbons (Fsp3) is 0. The van der Waals surface area contributed by atoms with Gasteiger partial charge in [0.1, 0.15) is 16.9 Å². The molecule has 0 fully saturated rings. The van der Waals surface area contributed by atoms with Crippen molar-refractivity contribution >= 4 is 26.4 Å². The molecule has 0 atom stereocenters. The highest BCUT2D eigenvalue weighted by Crippen LogP contribution is 2.25. The second-order valence-electron chi connectivity index (χ2n) is 3.33. The normalized spacial score (nSPS) is 10.9. The Morgan fingerprint density at radius 2 is 1.89 bits per heavy atom. The van der Waals surface area contributed by atoms with E-state index in [1.165, 1.54) is 6.07 Å². The van der Waals surface area contributed by atoms with Gasteiger partial charge in [-0.3, -0.25) is 4.72 Å². The fourth-order valence-electron chi connectivity index (χ4n) is 1.27. The predicted octanol–water partition coefficient (Wildman–Crippen LogP) is 2.56. The molecule has 0 aliphatic carbocycles. The average Bonchev–Trinajstić information content (AvgIpc) is 2.76. The molecule has 1 aromatic heterocycles. The van der Waals surface area contributed by atoms with Gasteiger partial charge in [0, 0.05) is 0 Å². The molecule has 2 aromatic rings. The van der Waals surface area contributed by atoms with Gasteiger partial charge in [-0.1, -0.05) is 0 Å². The fourth-order valence-corrected chi connectivity index (χ4v) is 3.34. The minimum absolute atomic E-state index is 0.0545. The summed E-state index contributed by atoms with van der Waals surface area (Å²) in [4.78, 5) is -0.0545. The standard InChI is InChI=1S/C11H7FN2O2S2/c12-9-1-3-10(4-2-9)18(15,16)14-11-8(7-13)5-6-17-11/h1-6,14H. The molecule has 1 aromatic carbocycles. The van der Waals surface area contributed by atoms with Crippen molar-refractivity contribution in [1.29, 1.82) is 5.26 Å². The third-order valence-corrected chi connectivity index (χ3v) is 4.46. The van der Waals surface area contributed by atoms with Crippen LogP contribution in [0.1, 0.15) is 5.56 Å². The summed E-state index contributed by atoms with van der Waals surface area (Å²) in [7, 11) is -3.79. The molecule has 2 rings (SSSR count). The van der Waals surface area contributed by atoms with Crippen LogP contribution < -0.4 is 4.72 Å². The van der Waals surface area contributed by atoms with Gasteiger partial charge in [-0.2, -0.15) is 5.26 Å². The Hall–Kier alpha value is -1.91. The molecule has 7 heteroatoms. The lowest BCUT2D eigenvalue weighted by atomic mass is 10.4. The number of hydrogen-bond donors (Lipinski definition) is 1. The average molecular weight is 282 g/mol. The number of rotatable bonds is 3. The highest BCUT2D eigenvalue weighted by Gasteiger charge is 2.16. The third kappa shape index (κ3) is 2.50. The first kappa shape index (κ1) is 12.5. The van der Waals surface area contributed by atoms with Crippen molar-refractivity contribution in [3.8, 4) is 6.07 Å². The molecular formula is C11H7FN2O2S2. The van der Waals surface area contributed by atoms with E-state index in [1.54, 1.807) is 5.38 Å². The lowest BCUT2D eigenvalue weighted by molar-refractivity contribution is 0.600. The minimum Gasteiger partial charge on any atom is -0.269 e. The quantitative estimate of drug-likeness (QED) is 0.940. The highest BCUT2D eigenvalue weighted by atomic mass is 32.2. The number of nitrogens with one attached hydrogen (secondary N) is 1. The van der Waals surface area contributed by atoms with Crippen LogP contribution in [0.2, 0.25) is 0 Å². The van der Waals surface area contributed by atoms with Crippen LogP contribution in [0.4, 0.5) is 9.39 Å². The third-order valence-electron chi connectivity index (χ3n) is 2.14. The molecule has 0 saturated carbocycles. The lowest BCUT2D eigenvalue weighted by Crippen LogP contribution is -2.12. The van der Waals surface area contributed by atoms with E-state index >= 15 is 0 Å². The summed E-state index contributed by atoms with van der Waals surface area (Å²) >= 11 is 1.11. The van der Waals surface area contributed by atoms with Crippen LogP contribution in [-0.4, -0.2) is 8.42 Å². The summed E-state index contributed by atoms with van der Waals surface area (Å²) in [6.07, 6.45) is 0. The topological polar surface area (TPSA) is 70.0 Å². The van der Waals surface area contributed by atoms with E-state index in [1.807, 2.05) is 6.07 Å². The van der Waals surface area contributed by atoms with Gasteiger partial charge in [0.05, 0.1) is 10.5 Å². The van der Waals surface area contributed by atoms with Crippen LogP contribution in [-0.2, 0) is 10.0 Å². The Balaban J connectivity index is 2.34. The van der Waals surface area contributed by atoms with Gasteiger partial charge in [-0.05, 0) is 35.7 Å². The Morgan fingerprint density at radius 3 is 2.50 bits per heavy atom. The van der Waals surface area contributed by atoms with E-state index < -0.39 is 15.8 Å². The zero-order valence-corrected chi connectivity index (χ0v) is 10.6. The minimum atomic E-state index is -3.79. The molecule has 0 bridgehead atoms. The predicted molar refractivity (Wildman–Crippen MR) is 66.2 cm³/mol. The summed E-state index contributed by atoms with van der Waals surface area (Å²) in [5.41, 5.74) is 0.255. The van der Waals surface area contributed by atoms with Gasteiger partial charge in [-0.25, -0.2) is 12.8 Å². The number of hydrogen-bond acceptors (Lipinski definition) is 4. The summed E-state index contributed by atoms with van der Waals surface area (Å²) < 4.78 is 38.9. The number of nitriles is 1. The maximum absolute atomic E-state index is 12.7. The van der Waals surface area contributed by atoms with Gasteiger partial charge in [0.25, 0.3) is 10.0 Å². The Bertz CT molecular complexity index is 699. The van der Waals surface area contributed by atoms with Crippen LogP contribution in [0.15, 0.2) is 40.6 Å². The number of sulfonamides is 1.